The van der Waals surface area contributed by atoms with Crippen LogP contribution in [0.5, 0.6) is 0 Å². The van der Waals surface area contributed by atoms with E-state index < -0.39 is 0 Å². The summed E-state index contributed by atoms with van der Waals surface area (Å²) < 4.78 is 21.2. The normalized spacial score (nSPS) is 15.0. The summed E-state index contributed by atoms with van der Waals surface area (Å²) in [4.78, 5) is 1.28. The Morgan fingerprint density at radius 2 is 2.00 bits per heavy atom. The highest BCUT2D eigenvalue weighted by Gasteiger charge is 2.31. The molecule has 1 aliphatic rings. The topological polar surface area (TPSA) is 69.6 Å². The Morgan fingerprint density at radius 3 is 2.72 bits per heavy atom. The van der Waals surface area contributed by atoms with Gasteiger partial charge in [-0.1, -0.05) is 17.8 Å². The van der Waals surface area contributed by atoms with E-state index in [2.05, 4.69) is 42.5 Å². The Morgan fingerprint density at radius 1 is 1.17 bits per heavy atom. The first-order chi connectivity index (χ1) is 14.2. The summed E-state index contributed by atoms with van der Waals surface area (Å²) in [7, 11) is 0. The zero-order valence-corrected chi connectivity index (χ0v) is 17.3. The maximum absolute atomic E-state index is 13.1. The van der Waals surface area contributed by atoms with Gasteiger partial charge < -0.3 is 8.98 Å². The Hall–Kier alpha value is -2.52. The van der Waals surface area contributed by atoms with E-state index in [0.29, 0.717) is 23.4 Å². The van der Waals surface area contributed by atoms with Gasteiger partial charge in [-0.15, -0.1) is 31.7 Å². The largest absolute Gasteiger partial charge is 0.419 e. The molecule has 0 amide bonds. The van der Waals surface area contributed by atoms with E-state index in [1.807, 2.05) is 6.92 Å². The number of hydrogen-bond acceptors (Lipinski definition) is 7. The number of rotatable bonds is 7. The molecule has 0 radical (unpaired) electrons. The standard InChI is InChI=1S/C20H18FN5OS2/c1-12(18-23-24-19(27-18)13-4-6-14(21)7-5-13)29-20-25-22-17(26(20)15-8-9-15)11-16-3-2-10-28-16/h2-7,10,12,15H,8-9,11H2,1H3. The maximum atomic E-state index is 13.1. The molecule has 1 fully saturated rings. The van der Waals surface area contributed by atoms with Crippen molar-refractivity contribution in [3.63, 3.8) is 0 Å². The Bertz CT molecular complexity index is 1100. The summed E-state index contributed by atoms with van der Waals surface area (Å²) in [5, 5.41) is 20.1. The van der Waals surface area contributed by atoms with Gasteiger partial charge in [-0.3, -0.25) is 0 Å². The molecule has 1 saturated carbocycles. The molecule has 148 valence electrons. The summed E-state index contributed by atoms with van der Waals surface area (Å²) in [6, 6.07) is 10.7. The van der Waals surface area contributed by atoms with Crippen LogP contribution >= 0.6 is 23.1 Å². The van der Waals surface area contributed by atoms with Crippen LogP contribution < -0.4 is 0 Å². The molecular formula is C20H18FN5OS2. The zero-order chi connectivity index (χ0) is 19.8. The zero-order valence-electron chi connectivity index (χ0n) is 15.7. The molecule has 5 rings (SSSR count). The van der Waals surface area contributed by atoms with Crippen molar-refractivity contribution in [2.75, 3.05) is 0 Å². The average Bonchev–Trinajstić information content (AvgIpc) is 3.13. The average molecular weight is 428 g/mol. The van der Waals surface area contributed by atoms with Crippen LogP contribution in [0.15, 0.2) is 51.4 Å². The molecular weight excluding hydrogens is 409 g/mol. The Kier molecular flexibility index (Phi) is 4.92. The van der Waals surface area contributed by atoms with E-state index in [4.69, 9.17) is 4.42 Å². The number of nitrogens with zero attached hydrogens (tertiary/aromatic N) is 5. The van der Waals surface area contributed by atoms with E-state index in [0.717, 1.165) is 30.2 Å². The van der Waals surface area contributed by atoms with Gasteiger partial charge >= 0.3 is 0 Å². The first kappa shape index (κ1) is 18.5. The molecule has 1 atom stereocenters. The van der Waals surface area contributed by atoms with Crippen LogP contribution in [0.1, 0.15) is 47.6 Å². The molecule has 3 aromatic heterocycles. The molecule has 6 nitrogen and oxygen atoms in total. The van der Waals surface area contributed by atoms with Gasteiger partial charge in [-0.05, 0) is 55.5 Å². The van der Waals surface area contributed by atoms with Crippen LogP contribution in [-0.2, 0) is 6.42 Å². The number of thiophene rings is 1. The quantitative estimate of drug-likeness (QED) is 0.372. The highest BCUT2D eigenvalue weighted by atomic mass is 32.2. The predicted octanol–water partition coefficient (Wildman–Crippen LogP) is 5.31. The van der Waals surface area contributed by atoms with Crippen LogP contribution in [0.3, 0.4) is 0 Å². The Labute approximate surface area is 175 Å². The lowest BCUT2D eigenvalue weighted by Gasteiger charge is -2.10. The smallest absolute Gasteiger partial charge is 0.247 e. The molecule has 9 heteroatoms. The van der Waals surface area contributed by atoms with E-state index in [9.17, 15) is 4.39 Å². The maximum Gasteiger partial charge on any atom is 0.247 e. The third-order valence-electron chi connectivity index (χ3n) is 4.72. The van der Waals surface area contributed by atoms with Gasteiger partial charge in [0.1, 0.15) is 11.6 Å². The van der Waals surface area contributed by atoms with Crippen LogP contribution in [0.25, 0.3) is 11.5 Å². The minimum absolute atomic E-state index is 0.0759. The highest BCUT2D eigenvalue weighted by Crippen LogP contribution is 2.42. The van der Waals surface area contributed by atoms with Crippen molar-refractivity contribution in [1.29, 1.82) is 0 Å². The predicted molar refractivity (Wildman–Crippen MR) is 109 cm³/mol. The van der Waals surface area contributed by atoms with E-state index in [1.54, 1.807) is 35.2 Å². The van der Waals surface area contributed by atoms with Gasteiger partial charge in [0.25, 0.3) is 0 Å². The van der Waals surface area contributed by atoms with Gasteiger partial charge in [-0.2, -0.15) is 0 Å². The Balaban J connectivity index is 1.35. The SMILES string of the molecule is CC(Sc1nnc(Cc2cccs2)n1C1CC1)c1nnc(-c2ccc(F)cc2)o1. The third-order valence-corrected chi connectivity index (χ3v) is 6.64. The second-order valence-corrected chi connectivity index (χ2v) is 9.31. The summed E-state index contributed by atoms with van der Waals surface area (Å²) in [5.74, 6) is 1.60. The van der Waals surface area contributed by atoms with E-state index in [1.165, 1.54) is 17.0 Å². The van der Waals surface area contributed by atoms with Crippen LogP contribution in [0.2, 0.25) is 0 Å². The van der Waals surface area contributed by atoms with Gasteiger partial charge in [0.05, 0.1) is 5.25 Å². The van der Waals surface area contributed by atoms with E-state index >= 15 is 0 Å². The van der Waals surface area contributed by atoms with Crippen LogP contribution in [0, 0.1) is 5.82 Å². The first-order valence-corrected chi connectivity index (χ1v) is 11.2. The van der Waals surface area contributed by atoms with Crippen molar-refractivity contribution in [3.05, 3.63) is 64.2 Å². The molecule has 0 aliphatic heterocycles. The fraction of sp³-hybridized carbons (Fsp3) is 0.300. The van der Waals surface area contributed by atoms with Gasteiger partial charge in [0, 0.05) is 22.9 Å². The lowest BCUT2D eigenvalue weighted by molar-refractivity contribution is 0.508. The molecule has 0 saturated heterocycles. The summed E-state index contributed by atoms with van der Waals surface area (Å²) >= 11 is 3.31. The van der Waals surface area contributed by atoms with Crippen molar-refractivity contribution in [1.82, 2.24) is 25.0 Å². The molecule has 1 unspecified atom stereocenters. The number of halogens is 1. The molecule has 0 N–H and O–H groups in total. The summed E-state index contributed by atoms with van der Waals surface area (Å²) in [6.07, 6.45) is 3.12. The van der Waals surface area contributed by atoms with Crippen molar-refractivity contribution in [3.8, 4) is 11.5 Å². The highest BCUT2D eigenvalue weighted by molar-refractivity contribution is 7.99. The molecule has 29 heavy (non-hydrogen) atoms. The lowest BCUT2D eigenvalue weighted by atomic mass is 10.2. The molecule has 1 aromatic carbocycles. The fourth-order valence-corrected chi connectivity index (χ4v) is 4.76. The number of thioether (sulfide) groups is 1. The molecule has 0 bridgehead atoms. The van der Waals surface area contributed by atoms with Gasteiger partial charge in [0.2, 0.25) is 11.8 Å². The van der Waals surface area contributed by atoms with Gasteiger partial charge in [0.15, 0.2) is 5.16 Å². The van der Waals surface area contributed by atoms with Crippen molar-refractivity contribution < 1.29 is 8.81 Å². The molecule has 0 spiro atoms. The van der Waals surface area contributed by atoms with Crippen molar-refractivity contribution in [2.24, 2.45) is 0 Å². The lowest BCUT2D eigenvalue weighted by Crippen LogP contribution is -2.04. The number of benzene rings is 1. The van der Waals surface area contributed by atoms with Crippen molar-refractivity contribution in [2.45, 2.75) is 42.6 Å². The fourth-order valence-electron chi connectivity index (χ4n) is 3.09. The first-order valence-electron chi connectivity index (χ1n) is 9.39. The number of aromatic nitrogens is 5. The van der Waals surface area contributed by atoms with E-state index in [-0.39, 0.29) is 11.1 Å². The van der Waals surface area contributed by atoms with Crippen LogP contribution in [0.4, 0.5) is 4.39 Å². The third kappa shape index (κ3) is 3.97. The summed E-state index contributed by atoms with van der Waals surface area (Å²) in [6.45, 7) is 2.01. The van der Waals surface area contributed by atoms with Gasteiger partial charge in [-0.25, -0.2) is 4.39 Å². The van der Waals surface area contributed by atoms with Crippen molar-refractivity contribution >= 4 is 23.1 Å². The number of hydrogen-bond donors (Lipinski definition) is 0. The second-order valence-electron chi connectivity index (χ2n) is 6.97. The van der Waals surface area contributed by atoms with Crippen LogP contribution in [-0.4, -0.2) is 25.0 Å². The second kappa shape index (κ2) is 7.72. The monoisotopic (exact) mass is 427 g/mol. The minimum Gasteiger partial charge on any atom is -0.419 e. The molecule has 3 heterocycles. The minimum atomic E-state index is -0.296. The molecule has 1 aliphatic carbocycles. The molecule has 4 aromatic rings. The summed E-state index contributed by atoms with van der Waals surface area (Å²) in [5.41, 5.74) is 0.696.